The number of alkyl halides is 1. The molecule has 1 fully saturated rings. The number of aromatic nitrogens is 2. The molecule has 1 atom stereocenters. The second kappa shape index (κ2) is 5.31. The number of benzene rings is 1. The molecule has 2 aromatic rings. The summed E-state index contributed by atoms with van der Waals surface area (Å²) in [6.45, 7) is 0. The lowest BCUT2D eigenvalue weighted by molar-refractivity contribution is 0.548. The Kier molecular flexibility index (Phi) is 3.81. The van der Waals surface area contributed by atoms with E-state index in [-0.39, 0.29) is 17.5 Å². The predicted octanol–water partition coefficient (Wildman–Crippen LogP) is 2.94. The van der Waals surface area contributed by atoms with Crippen molar-refractivity contribution >= 4 is 48.4 Å². The van der Waals surface area contributed by atoms with Gasteiger partial charge in [0.1, 0.15) is 5.82 Å². The van der Waals surface area contributed by atoms with Crippen LogP contribution in [-0.4, -0.2) is 35.4 Å². The average Bonchev–Trinajstić information content (AvgIpc) is 2.89. The highest BCUT2D eigenvalue weighted by Gasteiger charge is 2.31. The van der Waals surface area contributed by atoms with Crippen molar-refractivity contribution in [2.45, 2.75) is 18.9 Å². The summed E-state index contributed by atoms with van der Waals surface area (Å²) in [6, 6.07) is 5.84. The molecule has 0 radical (unpaired) electrons. The third kappa shape index (κ3) is 2.61. The first kappa shape index (κ1) is 14.4. The van der Waals surface area contributed by atoms with Gasteiger partial charge in [0.25, 0.3) is 0 Å². The van der Waals surface area contributed by atoms with Crippen molar-refractivity contribution < 1.29 is 8.42 Å². The van der Waals surface area contributed by atoms with E-state index in [0.717, 1.165) is 21.3 Å². The van der Waals surface area contributed by atoms with Crippen molar-refractivity contribution in [1.29, 1.82) is 0 Å². The fourth-order valence-electron chi connectivity index (χ4n) is 2.76. The van der Waals surface area contributed by atoms with Gasteiger partial charge in [-0.3, -0.25) is 0 Å². The highest BCUT2D eigenvalue weighted by Crippen LogP contribution is 2.31. The van der Waals surface area contributed by atoms with Crippen molar-refractivity contribution in [2.24, 2.45) is 0 Å². The zero-order valence-electron chi connectivity index (χ0n) is 10.7. The van der Waals surface area contributed by atoms with E-state index in [2.05, 4.69) is 25.5 Å². The van der Waals surface area contributed by atoms with Gasteiger partial charge in [0.2, 0.25) is 0 Å². The normalized spacial score (nSPS) is 21.6. The Morgan fingerprint density at radius 3 is 2.90 bits per heavy atom. The number of hydrogen-bond donors (Lipinski definition) is 0. The van der Waals surface area contributed by atoms with E-state index in [0.29, 0.717) is 18.7 Å². The van der Waals surface area contributed by atoms with Crippen molar-refractivity contribution in [2.75, 3.05) is 17.4 Å². The fraction of sp³-hybridized carbons (Fsp3) is 0.462. The molecule has 108 valence electrons. The van der Waals surface area contributed by atoms with Crippen LogP contribution in [0.3, 0.4) is 0 Å². The van der Waals surface area contributed by atoms with Gasteiger partial charge < -0.3 is 4.57 Å². The predicted molar refractivity (Wildman–Crippen MR) is 84.2 cm³/mol. The first-order chi connectivity index (χ1) is 9.50. The zero-order chi connectivity index (χ0) is 14.3. The van der Waals surface area contributed by atoms with E-state index in [1.807, 2.05) is 18.2 Å². The molecule has 1 saturated heterocycles. The number of imidazole rings is 1. The molecule has 0 amide bonds. The monoisotopic (exact) mass is 376 g/mol. The molecule has 7 heteroatoms. The van der Waals surface area contributed by atoms with E-state index < -0.39 is 9.84 Å². The van der Waals surface area contributed by atoms with Gasteiger partial charge in [0.15, 0.2) is 9.84 Å². The van der Waals surface area contributed by atoms with Gasteiger partial charge >= 0.3 is 0 Å². The van der Waals surface area contributed by atoms with Crippen molar-refractivity contribution in [3.8, 4) is 0 Å². The lowest BCUT2D eigenvalue weighted by Crippen LogP contribution is -2.14. The fourth-order valence-corrected chi connectivity index (χ4v) is 4.98. The van der Waals surface area contributed by atoms with Crippen molar-refractivity contribution in [1.82, 2.24) is 9.55 Å². The molecular formula is C13H14BrClN2O2S. The highest BCUT2D eigenvalue weighted by atomic mass is 79.9. The van der Waals surface area contributed by atoms with Crippen molar-refractivity contribution in [3.63, 3.8) is 0 Å². The van der Waals surface area contributed by atoms with E-state index in [9.17, 15) is 8.42 Å². The molecule has 1 aromatic carbocycles. The Labute approximate surface area is 131 Å². The Bertz CT molecular complexity index is 757. The van der Waals surface area contributed by atoms with Gasteiger partial charge in [0, 0.05) is 16.8 Å². The molecule has 0 bridgehead atoms. The summed E-state index contributed by atoms with van der Waals surface area (Å²) in [5, 5.41) is 0. The molecule has 20 heavy (non-hydrogen) atoms. The quantitative estimate of drug-likeness (QED) is 0.773. The van der Waals surface area contributed by atoms with Gasteiger partial charge in [-0.2, -0.15) is 0 Å². The van der Waals surface area contributed by atoms with Crippen LogP contribution in [0.25, 0.3) is 11.0 Å². The molecule has 0 saturated carbocycles. The highest BCUT2D eigenvalue weighted by molar-refractivity contribution is 9.10. The molecule has 0 spiro atoms. The number of rotatable bonds is 3. The van der Waals surface area contributed by atoms with E-state index >= 15 is 0 Å². The molecule has 2 heterocycles. The third-order valence-electron chi connectivity index (χ3n) is 3.62. The molecule has 1 aliphatic heterocycles. The van der Waals surface area contributed by atoms with Gasteiger partial charge in [-0.05, 0) is 24.6 Å². The van der Waals surface area contributed by atoms with Crippen LogP contribution in [0.1, 0.15) is 18.3 Å². The molecule has 3 rings (SSSR count). The van der Waals surface area contributed by atoms with E-state index in [1.54, 1.807) is 0 Å². The zero-order valence-corrected chi connectivity index (χ0v) is 13.9. The summed E-state index contributed by atoms with van der Waals surface area (Å²) in [4.78, 5) is 4.60. The van der Waals surface area contributed by atoms with Crippen LogP contribution in [0.15, 0.2) is 22.7 Å². The van der Waals surface area contributed by atoms with E-state index in [1.165, 1.54) is 0 Å². The number of fused-ring (bicyclic) bond motifs is 1. The van der Waals surface area contributed by atoms with Crippen molar-refractivity contribution in [3.05, 3.63) is 28.5 Å². The minimum atomic E-state index is -2.93. The van der Waals surface area contributed by atoms with Gasteiger partial charge in [-0.1, -0.05) is 15.9 Å². The summed E-state index contributed by atoms with van der Waals surface area (Å²) < 4.78 is 26.5. The summed E-state index contributed by atoms with van der Waals surface area (Å²) >= 11 is 9.31. The van der Waals surface area contributed by atoms with Crippen LogP contribution in [0.2, 0.25) is 0 Å². The molecular weight excluding hydrogens is 364 g/mol. The van der Waals surface area contributed by atoms with Crippen LogP contribution in [0, 0.1) is 0 Å². The summed E-state index contributed by atoms with van der Waals surface area (Å²) in [7, 11) is -2.93. The summed E-state index contributed by atoms with van der Waals surface area (Å²) in [5.74, 6) is 1.80. The third-order valence-corrected chi connectivity index (χ3v) is 6.05. The van der Waals surface area contributed by atoms with Crippen LogP contribution in [-0.2, 0) is 16.3 Å². The Morgan fingerprint density at radius 1 is 1.45 bits per heavy atom. The number of nitrogens with zero attached hydrogens (tertiary/aromatic N) is 2. The average molecular weight is 378 g/mol. The van der Waals surface area contributed by atoms with E-state index in [4.69, 9.17) is 11.6 Å². The summed E-state index contributed by atoms with van der Waals surface area (Å²) in [6.07, 6.45) is 1.29. The van der Waals surface area contributed by atoms with Crippen LogP contribution in [0.5, 0.6) is 0 Å². The van der Waals surface area contributed by atoms with Gasteiger partial charge in [-0.25, -0.2) is 13.4 Å². The molecule has 0 aliphatic carbocycles. The van der Waals surface area contributed by atoms with Gasteiger partial charge in [0.05, 0.1) is 28.6 Å². The lowest BCUT2D eigenvalue weighted by atomic mass is 10.2. The maximum Gasteiger partial charge on any atom is 0.152 e. The number of aryl methyl sites for hydroxylation is 1. The number of hydrogen-bond acceptors (Lipinski definition) is 3. The minimum Gasteiger partial charge on any atom is -0.324 e. The minimum absolute atomic E-state index is 0.0301. The maximum atomic E-state index is 11.7. The lowest BCUT2D eigenvalue weighted by Gasteiger charge is -2.15. The maximum absolute atomic E-state index is 11.7. The first-order valence-electron chi connectivity index (χ1n) is 6.43. The largest absolute Gasteiger partial charge is 0.324 e. The molecule has 1 aliphatic rings. The molecule has 1 unspecified atom stereocenters. The second-order valence-electron chi connectivity index (χ2n) is 5.03. The molecule has 0 N–H and O–H groups in total. The first-order valence-corrected chi connectivity index (χ1v) is 9.58. The topological polar surface area (TPSA) is 52.0 Å². The van der Waals surface area contributed by atoms with Crippen LogP contribution in [0.4, 0.5) is 0 Å². The Morgan fingerprint density at radius 2 is 2.25 bits per heavy atom. The summed E-state index contributed by atoms with van der Waals surface area (Å²) in [5.41, 5.74) is 1.86. The Hall–Kier alpha value is -0.590. The second-order valence-corrected chi connectivity index (χ2v) is 8.55. The smallest absolute Gasteiger partial charge is 0.152 e. The van der Waals surface area contributed by atoms with Crippen LogP contribution < -0.4 is 0 Å². The van der Waals surface area contributed by atoms with Gasteiger partial charge in [-0.15, -0.1) is 11.6 Å². The SMILES string of the molecule is O=S1(=O)CCC(n2c(CCCl)nc3ccc(Br)cc32)C1. The molecule has 1 aromatic heterocycles. The molecule has 4 nitrogen and oxygen atoms in total. The van der Waals surface area contributed by atoms with Crippen LogP contribution >= 0.6 is 27.5 Å². The number of halogens is 2. The Balaban J connectivity index is 2.15. The number of sulfone groups is 1. The standard InChI is InChI=1S/C13H14BrClN2O2S/c14-9-1-2-11-12(7-9)17(13(16-11)3-5-15)10-4-6-20(18,19)8-10/h1-2,7,10H,3-6,8H2.